The van der Waals surface area contributed by atoms with E-state index in [0.717, 1.165) is 25.2 Å². The molecule has 1 aliphatic heterocycles. The largest absolute Gasteiger partial charge is 0.493 e. The van der Waals surface area contributed by atoms with Crippen molar-refractivity contribution in [2.75, 3.05) is 6.61 Å². The summed E-state index contributed by atoms with van der Waals surface area (Å²) in [5.41, 5.74) is 1.37. The smallest absolute Gasteiger partial charge is 0.122 e. The van der Waals surface area contributed by atoms with Crippen molar-refractivity contribution in [3.05, 3.63) is 35.6 Å². The van der Waals surface area contributed by atoms with E-state index in [9.17, 15) is 0 Å². The van der Waals surface area contributed by atoms with Crippen LogP contribution in [0.4, 0.5) is 0 Å². The Bertz CT molecular complexity index is 210. The van der Waals surface area contributed by atoms with Crippen molar-refractivity contribution in [2.45, 2.75) is 47.0 Å². The average molecular weight is 208 g/mol. The number of allylic oxidation sites excluding steroid dienone is 5. The fraction of sp³-hybridized carbons (Fsp3) is 0.571. The van der Waals surface area contributed by atoms with Gasteiger partial charge in [-0.1, -0.05) is 45.9 Å². The lowest BCUT2D eigenvalue weighted by atomic mass is 10.1. The Kier molecular flexibility index (Phi) is 8.95. The van der Waals surface area contributed by atoms with E-state index < -0.39 is 0 Å². The lowest BCUT2D eigenvalue weighted by molar-refractivity contribution is 0.202. The van der Waals surface area contributed by atoms with Gasteiger partial charge in [0.15, 0.2) is 0 Å². The minimum Gasteiger partial charge on any atom is -0.493 e. The van der Waals surface area contributed by atoms with Crippen LogP contribution in [-0.2, 0) is 4.74 Å². The molecule has 86 valence electrons. The summed E-state index contributed by atoms with van der Waals surface area (Å²) in [5.74, 6) is 1.09. The molecule has 0 atom stereocenters. The van der Waals surface area contributed by atoms with Crippen LogP contribution in [0.1, 0.15) is 47.0 Å². The summed E-state index contributed by atoms with van der Waals surface area (Å²) >= 11 is 0. The zero-order valence-electron chi connectivity index (χ0n) is 10.5. The summed E-state index contributed by atoms with van der Waals surface area (Å²) in [5, 5.41) is 0. The predicted octanol–water partition coefficient (Wildman–Crippen LogP) is 4.62. The van der Waals surface area contributed by atoms with Gasteiger partial charge >= 0.3 is 0 Å². The van der Waals surface area contributed by atoms with E-state index in [0.29, 0.717) is 0 Å². The lowest BCUT2D eigenvalue weighted by Crippen LogP contribution is -2.03. The van der Waals surface area contributed by atoms with Crippen molar-refractivity contribution in [3.8, 4) is 0 Å². The first-order chi connectivity index (χ1) is 7.47. The van der Waals surface area contributed by atoms with E-state index in [1.54, 1.807) is 0 Å². The van der Waals surface area contributed by atoms with Gasteiger partial charge in [-0.3, -0.25) is 0 Å². The van der Waals surface area contributed by atoms with Gasteiger partial charge in [-0.25, -0.2) is 0 Å². The summed E-state index contributed by atoms with van der Waals surface area (Å²) in [4.78, 5) is 0. The maximum Gasteiger partial charge on any atom is 0.122 e. The molecule has 0 unspecified atom stereocenters. The topological polar surface area (TPSA) is 9.23 Å². The third-order valence-corrected chi connectivity index (χ3v) is 2.02. The molecule has 0 bridgehead atoms. The van der Waals surface area contributed by atoms with E-state index >= 15 is 0 Å². The van der Waals surface area contributed by atoms with Crippen LogP contribution in [0.25, 0.3) is 0 Å². The monoisotopic (exact) mass is 208 g/mol. The molecular formula is C14H24O. The van der Waals surface area contributed by atoms with Crippen molar-refractivity contribution < 1.29 is 4.74 Å². The summed E-state index contributed by atoms with van der Waals surface area (Å²) in [6, 6.07) is 0. The Morgan fingerprint density at radius 1 is 1.00 bits per heavy atom. The van der Waals surface area contributed by atoms with Crippen molar-refractivity contribution >= 4 is 0 Å². The highest BCUT2D eigenvalue weighted by Gasteiger charge is 2.09. The fourth-order valence-corrected chi connectivity index (χ4v) is 1.45. The minimum atomic E-state index is 0.886. The van der Waals surface area contributed by atoms with Crippen LogP contribution >= 0.6 is 0 Å². The molecule has 0 saturated heterocycles. The normalized spacial score (nSPS) is 17.3. The number of hydrogen-bond donors (Lipinski definition) is 0. The second-order valence-electron chi connectivity index (χ2n) is 2.88. The zero-order chi connectivity index (χ0) is 11.5. The van der Waals surface area contributed by atoms with Crippen LogP contribution in [0.15, 0.2) is 35.6 Å². The quantitative estimate of drug-likeness (QED) is 0.564. The molecule has 2 aliphatic rings. The van der Waals surface area contributed by atoms with E-state index in [-0.39, 0.29) is 0 Å². The van der Waals surface area contributed by atoms with Gasteiger partial charge in [0.1, 0.15) is 5.76 Å². The molecule has 1 heteroatoms. The van der Waals surface area contributed by atoms with Crippen LogP contribution in [0.5, 0.6) is 0 Å². The lowest BCUT2D eigenvalue weighted by Gasteiger charge is -2.16. The SMILES string of the molecule is C1=CC2=C(C=CC1)OCCC2.CC.CC. The highest BCUT2D eigenvalue weighted by atomic mass is 16.5. The molecule has 1 nitrogen and oxygen atoms in total. The maximum atomic E-state index is 5.50. The van der Waals surface area contributed by atoms with Crippen molar-refractivity contribution in [2.24, 2.45) is 0 Å². The van der Waals surface area contributed by atoms with E-state index in [1.165, 1.54) is 12.0 Å². The molecule has 1 aliphatic carbocycles. The van der Waals surface area contributed by atoms with E-state index in [4.69, 9.17) is 4.74 Å². The summed E-state index contributed by atoms with van der Waals surface area (Å²) in [6.45, 7) is 8.89. The van der Waals surface area contributed by atoms with Crippen LogP contribution in [0.3, 0.4) is 0 Å². The van der Waals surface area contributed by atoms with Gasteiger partial charge < -0.3 is 4.74 Å². The Labute approximate surface area is 94.5 Å². The first-order valence-corrected chi connectivity index (χ1v) is 6.16. The van der Waals surface area contributed by atoms with E-state index in [1.807, 2.05) is 27.7 Å². The zero-order valence-corrected chi connectivity index (χ0v) is 10.5. The second kappa shape index (κ2) is 9.57. The molecule has 0 radical (unpaired) electrons. The number of rotatable bonds is 0. The first kappa shape index (κ1) is 14.0. The minimum absolute atomic E-state index is 0.886. The third kappa shape index (κ3) is 4.87. The molecule has 0 aromatic rings. The van der Waals surface area contributed by atoms with Gasteiger partial charge in [-0.15, -0.1) is 0 Å². The molecule has 0 aromatic heterocycles. The maximum absolute atomic E-state index is 5.50. The predicted molar refractivity (Wildman–Crippen MR) is 67.8 cm³/mol. The highest BCUT2D eigenvalue weighted by molar-refractivity contribution is 5.33. The molecule has 0 N–H and O–H groups in total. The van der Waals surface area contributed by atoms with Crippen molar-refractivity contribution in [3.63, 3.8) is 0 Å². The Hall–Kier alpha value is -0.980. The first-order valence-electron chi connectivity index (χ1n) is 6.16. The van der Waals surface area contributed by atoms with Crippen molar-refractivity contribution in [1.29, 1.82) is 0 Å². The van der Waals surface area contributed by atoms with Crippen molar-refractivity contribution in [1.82, 2.24) is 0 Å². The van der Waals surface area contributed by atoms with Crippen LogP contribution in [0, 0.1) is 0 Å². The van der Waals surface area contributed by atoms with Crippen LogP contribution in [0.2, 0.25) is 0 Å². The Morgan fingerprint density at radius 2 is 1.67 bits per heavy atom. The van der Waals surface area contributed by atoms with Gasteiger partial charge in [-0.05, 0) is 30.9 Å². The molecule has 2 rings (SSSR count). The summed E-state index contributed by atoms with van der Waals surface area (Å²) < 4.78 is 5.50. The molecule has 0 amide bonds. The molecule has 1 heterocycles. The van der Waals surface area contributed by atoms with Gasteiger partial charge in [0.2, 0.25) is 0 Å². The van der Waals surface area contributed by atoms with Crippen LogP contribution < -0.4 is 0 Å². The molecule has 0 aromatic carbocycles. The fourth-order valence-electron chi connectivity index (χ4n) is 1.45. The molecular weight excluding hydrogens is 184 g/mol. The molecule has 0 spiro atoms. The van der Waals surface area contributed by atoms with Gasteiger partial charge in [0.25, 0.3) is 0 Å². The molecule has 0 saturated carbocycles. The summed E-state index contributed by atoms with van der Waals surface area (Å²) in [6.07, 6.45) is 12.0. The standard InChI is InChI=1S/C10H12O.2C2H6/c1-2-5-9-6-4-8-11-10(9)7-3-1;2*1-2/h2-3,5,7H,1,4,6,8H2;2*1-2H3. The third-order valence-electron chi connectivity index (χ3n) is 2.02. The Morgan fingerprint density at radius 3 is 2.40 bits per heavy atom. The molecule has 15 heavy (non-hydrogen) atoms. The van der Waals surface area contributed by atoms with E-state index in [2.05, 4.69) is 24.3 Å². The average Bonchev–Trinajstić information content (AvgIpc) is 2.59. The Balaban J connectivity index is 0.000000442. The highest BCUT2D eigenvalue weighted by Crippen LogP contribution is 2.23. The second-order valence-corrected chi connectivity index (χ2v) is 2.88. The number of hydrogen-bond acceptors (Lipinski definition) is 1. The van der Waals surface area contributed by atoms with Crippen LogP contribution in [-0.4, -0.2) is 6.61 Å². The van der Waals surface area contributed by atoms with Gasteiger partial charge in [0, 0.05) is 0 Å². The summed E-state index contributed by atoms with van der Waals surface area (Å²) in [7, 11) is 0. The molecule has 0 fully saturated rings. The number of ether oxygens (including phenoxy) is 1. The van der Waals surface area contributed by atoms with Gasteiger partial charge in [-0.2, -0.15) is 0 Å². The van der Waals surface area contributed by atoms with Gasteiger partial charge in [0.05, 0.1) is 6.61 Å².